The first-order chi connectivity index (χ1) is 9.41. The number of ether oxygens (including phenoxy) is 1. The molecule has 1 saturated heterocycles. The zero-order valence-corrected chi connectivity index (χ0v) is 12.5. The first kappa shape index (κ1) is 17.1. The lowest BCUT2D eigenvalue weighted by Crippen LogP contribution is -2.50. The van der Waals surface area contributed by atoms with E-state index in [1.807, 2.05) is 6.92 Å². The second-order valence-electron chi connectivity index (χ2n) is 5.53. The van der Waals surface area contributed by atoms with Crippen LogP contribution in [0.5, 0.6) is 0 Å². The second kappa shape index (κ2) is 7.71. The van der Waals surface area contributed by atoms with E-state index < -0.39 is 29.5 Å². The van der Waals surface area contributed by atoms with Gasteiger partial charge in [-0.3, -0.25) is 9.59 Å². The highest BCUT2D eigenvalue weighted by Crippen LogP contribution is 2.29. The lowest BCUT2D eigenvalue weighted by Gasteiger charge is -2.32. The molecule has 1 amide bonds. The molecule has 3 atom stereocenters. The molecule has 6 nitrogen and oxygen atoms in total. The highest BCUT2D eigenvalue weighted by Gasteiger charge is 2.42. The van der Waals surface area contributed by atoms with Crippen molar-refractivity contribution in [3.63, 3.8) is 0 Å². The maximum absolute atomic E-state index is 12.2. The molecule has 116 valence electrons. The largest absolute Gasteiger partial charge is 0.384 e. The van der Waals surface area contributed by atoms with Crippen molar-refractivity contribution in [1.29, 1.82) is 0 Å². The Morgan fingerprint density at radius 3 is 2.70 bits per heavy atom. The Morgan fingerprint density at radius 1 is 1.50 bits per heavy atom. The summed E-state index contributed by atoms with van der Waals surface area (Å²) in [5.41, 5.74) is 1.15. The van der Waals surface area contributed by atoms with E-state index >= 15 is 0 Å². The van der Waals surface area contributed by atoms with Gasteiger partial charge in [-0.25, -0.2) is 10.3 Å². The van der Waals surface area contributed by atoms with Gasteiger partial charge in [0.05, 0.1) is 5.41 Å². The molecule has 1 heterocycles. The van der Waals surface area contributed by atoms with Crippen LogP contribution in [0.25, 0.3) is 0 Å². The van der Waals surface area contributed by atoms with Gasteiger partial charge in [-0.15, -0.1) is 0 Å². The van der Waals surface area contributed by atoms with Crippen LogP contribution in [-0.2, 0) is 19.2 Å². The third-order valence-corrected chi connectivity index (χ3v) is 3.70. The monoisotopic (exact) mass is 287 g/mol. The average molecular weight is 287 g/mol. The van der Waals surface area contributed by atoms with Gasteiger partial charge in [0.15, 0.2) is 12.1 Å². The van der Waals surface area contributed by atoms with E-state index in [0.717, 1.165) is 19.3 Å². The number of amides is 1. The number of ketones is 1. The Morgan fingerprint density at radius 2 is 2.20 bits per heavy atom. The van der Waals surface area contributed by atoms with Crippen LogP contribution in [0.2, 0.25) is 0 Å². The van der Waals surface area contributed by atoms with Gasteiger partial charge in [-0.1, -0.05) is 13.3 Å². The van der Waals surface area contributed by atoms with Crippen molar-refractivity contribution in [2.24, 2.45) is 5.41 Å². The van der Waals surface area contributed by atoms with E-state index in [4.69, 9.17) is 9.57 Å². The number of carbonyl (C=O) groups is 2. The van der Waals surface area contributed by atoms with Crippen molar-refractivity contribution in [3.05, 3.63) is 0 Å². The van der Waals surface area contributed by atoms with Crippen LogP contribution in [0, 0.1) is 5.41 Å². The molecule has 0 radical (unpaired) electrons. The zero-order chi connectivity index (χ0) is 15.2. The summed E-state index contributed by atoms with van der Waals surface area (Å²) in [6, 6.07) is 0. The summed E-state index contributed by atoms with van der Waals surface area (Å²) in [6.07, 6.45) is 1.99. The van der Waals surface area contributed by atoms with Crippen molar-refractivity contribution < 1.29 is 24.3 Å². The fourth-order valence-corrected chi connectivity index (χ4v) is 2.38. The summed E-state index contributed by atoms with van der Waals surface area (Å²) < 4.78 is 5.34. The first-order valence-corrected chi connectivity index (χ1v) is 7.18. The maximum Gasteiger partial charge on any atom is 0.252 e. The summed E-state index contributed by atoms with van der Waals surface area (Å²) in [7, 11) is 0. The number of Topliss-reactive ketones (excluding diaryl/α,β-unsaturated/α-hetero) is 1. The molecular weight excluding hydrogens is 262 g/mol. The Labute approximate surface area is 119 Å². The number of hydrogen-bond acceptors (Lipinski definition) is 5. The summed E-state index contributed by atoms with van der Waals surface area (Å²) in [6.45, 7) is 5.35. The number of aliphatic hydroxyl groups is 1. The molecule has 0 spiro atoms. The molecular formula is C14H25NO5. The van der Waals surface area contributed by atoms with Crippen LogP contribution >= 0.6 is 0 Å². The van der Waals surface area contributed by atoms with Gasteiger partial charge in [-0.2, -0.15) is 0 Å². The van der Waals surface area contributed by atoms with Crippen LogP contribution in [-0.4, -0.2) is 35.8 Å². The summed E-state index contributed by atoms with van der Waals surface area (Å²) in [5, 5.41) is 9.99. The van der Waals surface area contributed by atoms with Crippen molar-refractivity contribution in [1.82, 2.24) is 5.48 Å². The van der Waals surface area contributed by atoms with E-state index in [9.17, 15) is 14.7 Å². The third-order valence-electron chi connectivity index (χ3n) is 3.70. The van der Waals surface area contributed by atoms with Crippen LogP contribution < -0.4 is 5.48 Å². The molecule has 1 aliphatic heterocycles. The van der Waals surface area contributed by atoms with Gasteiger partial charge in [0.2, 0.25) is 0 Å². The van der Waals surface area contributed by atoms with E-state index in [2.05, 4.69) is 5.48 Å². The van der Waals surface area contributed by atoms with Crippen LogP contribution in [0.15, 0.2) is 0 Å². The van der Waals surface area contributed by atoms with Crippen molar-refractivity contribution in [3.8, 4) is 0 Å². The van der Waals surface area contributed by atoms with Gasteiger partial charge in [0.1, 0.15) is 6.10 Å². The van der Waals surface area contributed by atoms with Gasteiger partial charge in [0, 0.05) is 13.0 Å². The molecule has 0 aromatic rings. The van der Waals surface area contributed by atoms with Gasteiger partial charge < -0.3 is 9.84 Å². The molecule has 0 saturated carbocycles. The minimum atomic E-state index is -1.33. The van der Waals surface area contributed by atoms with E-state index in [0.29, 0.717) is 19.4 Å². The van der Waals surface area contributed by atoms with Crippen molar-refractivity contribution >= 4 is 11.7 Å². The number of carbonyl (C=O) groups excluding carboxylic acids is 2. The minimum absolute atomic E-state index is 0.397. The SMILES string of the molecule is CCCC(C)(C(=O)NOC1CCCCO1)C(O)C(C)=O. The van der Waals surface area contributed by atoms with E-state index in [1.165, 1.54) is 6.92 Å². The van der Waals surface area contributed by atoms with Crippen LogP contribution in [0.4, 0.5) is 0 Å². The molecule has 1 fully saturated rings. The molecule has 0 bridgehead atoms. The summed E-state index contributed by atoms with van der Waals surface area (Å²) in [4.78, 5) is 28.8. The van der Waals surface area contributed by atoms with Gasteiger partial charge in [-0.05, 0) is 33.1 Å². The molecule has 3 unspecified atom stereocenters. The highest BCUT2D eigenvalue weighted by molar-refractivity contribution is 5.91. The lowest BCUT2D eigenvalue weighted by atomic mass is 9.78. The molecule has 6 heteroatoms. The summed E-state index contributed by atoms with van der Waals surface area (Å²) in [5.74, 6) is -0.916. The van der Waals surface area contributed by atoms with Crippen LogP contribution in [0.1, 0.15) is 52.9 Å². The smallest absolute Gasteiger partial charge is 0.252 e. The Kier molecular flexibility index (Phi) is 6.58. The molecule has 1 aliphatic rings. The number of aliphatic hydroxyl groups excluding tert-OH is 1. The summed E-state index contributed by atoms with van der Waals surface area (Å²) >= 11 is 0. The fourth-order valence-electron chi connectivity index (χ4n) is 2.38. The van der Waals surface area contributed by atoms with E-state index in [1.54, 1.807) is 6.92 Å². The lowest BCUT2D eigenvalue weighted by molar-refractivity contribution is -0.207. The van der Waals surface area contributed by atoms with Crippen molar-refractivity contribution in [2.45, 2.75) is 65.3 Å². The Bertz CT molecular complexity index is 340. The van der Waals surface area contributed by atoms with E-state index in [-0.39, 0.29) is 0 Å². The Balaban J connectivity index is 2.61. The first-order valence-electron chi connectivity index (χ1n) is 7.18. The number of hydrogen-bond donors (Lipinski definition) is 2. The van der Waals surface area contributed by atoms with Crippen LogP contribution in [0.3, 0.4) is 0 Å². The van der Waals surface area contributed by atoms with Gasteiger partial charge >= 0.3 is 0 Å². The highest BCUT2D eigenvalue weighted by atomic mass is 16.8. The fraction of sp³-hybridized carbons (Fsp3) is 0.857. The predicted octanol–water partition coefficient (Wildman–Crippen LogP) is 1.32. The molecule has 20 heavy (non-hydrogen) atoms. The number of rotatable bonds is 7. The molecule has 0 aromatic carbocycles. The quantitative estimate of drug-likeness (QED) is 0.690. The number of nitrogens with one attached hydrogen (secondary N) is 1. The normalized spacial score (nSPS) is 23.7. The molecule has 1 rings (SSSR count). The maximum atomic E-state index is 12.2. The second-order valence-corrected chi connectivity index (χ2v) is 5.53. The zero-order valence-electron chi connectivity index (χ0n) is 12.5. The average Bonchev–Trinajstić information content (AvgIpc) is 2.44. The predicted molar refractivity (Wildman–Crippen MR) is 72.5 cm³/mol. The van der Waals surface area contributed by atoms with Crippen molar-refractivity contribution in [2.75, 3.05) is 6.61 Å². The Hall–Kier alpha value is -0.980. The van der Waals surface area contributed by atoms with Gasteiger partial charge in [0.25, 0.3) is 5.91 Å². The molecule has 0 aromatic heterocycles. The topological polar surface area (TPSA) is 84.9 Å². The third kappa shape index (κ3) is 4.26. The minimum Gasteiger partial charge on any atom is -0.384 e. The molecule has 2 N–H and O–H groups in total. The standard InChI is InChI=1S/C14H25NO5/c1-4-8-14(3,12(17)10(2)16)13(18)15-20-11-7-5-6-9-19-11/h11-12,17H,4-9H2,1-3H3,(H,15,18). The number of hydroxylamine groups is 1. The molecule has 0 aliphatic carbocycles.